The molecule has 0 aromatic carbocycles. The lowest BCUT2D eigenvalue weighted by atomic mass is 10.2. The largest absolute Gasteiger partial charge is 0.348 e. The molecule has 0 bridgehead atoms. The molecule has 1 atom stereocenters. The van der Waals surface area contributed by atoms with E-state index in [0.717, 1.165) is 13.0 Å². The molecule has 0 aromatic rings. The molecule has 0 heterocycles. The van der Waals surface area contributed by atoms with Gasteiger partial charge in [0.25, 0.3) is 0 Å². The van der Waals surface area contributed by atoms with Crippen LogP contribution >= 0.6 is 0 Å². The molecule has 6 heteroatoms. The van der Waals surface area contributed by atoms with Gasteiger partial charge in [0.15, 0.2) is 0 Å². The van der Waals surface area contributed by atoms with E-state index < -0.39 is 0 Å². The molecule has 3 N–H and O–H groups in total. The Kier molecular flexibility index (Phi) is 7.49. The third-order valence-electron chi connectivity index (χ3n) is 2.61. The van der Waals surface area contributed by atoms with Crippen molar-refractivity contribution in [2.45, 2.75) is 32.7 Å². The lowest BCUT2D eigenvalue weighted by molar-refractivity contribution is -0.131. The van der Waals surface area contributed by atoms with Crippen LogP contribution < -0.4 is 11.3 Å². The number of nitrogens with two attached hydrogens (primary N) is 1. The molecule has 0 aliphatic rings. The Morgan fingerprint density at radius 3 is 2.35 bits per heavy atom. The standard InChI is InChI=1S/C11H24N4O2/c1-5-6-15(8-11(17)14(3)4)9(2)7-10(16)13-12/h9H,5-8,12H2,1-4H3,(H,13,16). The van der Waals surface area contributed by atoms with Crippen molar-refractivity contribution in [2.75, 3.05) is 27.2 Å². The van der Waals surface area contributed by atoms with Crippen molar-refractivity contribution in [2.24, 2.45) is 5.84 Å². The number of hydrazine groups is 1. The van der Waals surface area contributed by atoms with E-state index in [4.69, 9.17) is 5.84 Å². The molecule has 0 aliphatic heterocycles. The second-order valence-electron chi connectivity index (χ2n) is 4.38. The van der Waals surface area contributed by atoms with Gasteiger partial charge in [0.1, 0.15) is 0 Å². The number of rotatable bonds is 7. The summed E-state index contributed by atoms with van der Waals surface area (Å²) in [5, 5.41) is 0. The number of likely N-dealkylation sites (N-methyl/N-ethyl adjacent to an activating group) is 1. The van der Waals surface area contributed by atoms with Gasteiger partial charge >= 0.3 is 0 Å². The highest BCUT2D eigenvalue weighted by Gasteiger charge is 2.19. The Morgan fingerprint density at radius 2 is 1.94 bits per heavy atom. The van der Waals surface area contributed by atoms with E-state index in [1.54, 1.807) is 19.0 Å². The third-order valence-corrected chi connectivity index (χ3v) is 2.61. The summed E-state index contributed by atoms with van der Waals surface area (Å²) < 4.78 is 0. The van der Waals surface area contributed by atoms with E-state index in [1.807, 2.05) is 18.7 Å². The van der Waals surface area contributed by atoms with Crippen molar-refractivity contribution in [3.05, 3.63) is 0 Å². The Bertz CT molecular complexity index is 256. The van der Waals surface area contributed by atoms with E-state index >= 15 is 0 Å². The molecule has 0 rings (SSSR count). The van der Waals surface area contributed by atoms with Crippen molar-refractivity contribution in [1.82, 2.24) is 15.2 Å². The molecule has 17 heavy (non-hydrogen) atoms. The van der Waals surface area contributed by atoms with Crippen molar-refractivity contribution < 1.29 is 9.59 Å². The van der Waals surface area contributed by atoms with Gasteiger partial charge in [0.2, 0.25) is 11.8 Å². The van der Waals surface area contributed by atoms with Gasteiger partial charge in [0, 0.05) is 26.6 Å². The Morgan fingerprint density at radius 1 is 1.35 bits per heavy atom. The fourth-order valence-corrected chi connectivity index (χ4v) is 1.51. The van der Waals surface area contributed by atoms with Crippen LogP contribution in [0.4, 0.5) is 0 Å². The molecule has 0 spiro atoms. The molecule has 0 aromatic heterocycles. The van der Waals surface area contributed by atoms with E-state index in [-0.39, 0.29) is 17.9 Å². The highest BCUT2D eigenvalue weighted by Crippen LogP contribution is 2.05. The summed E-state index contributed by atoms with van der Waals surface area (Å²) in [6.07, 6.45) is 1.24. The lowest BCUT2D eigenvalue weighted by Crippen LogP contribution is -2.44. The van der Waals surface area contributed by atoms with Crippen molar-refractivity contribution in [3.63, 3.8) is 0 Å². The van der Waals surface area contributed by atoms with Gasteiger partial charge in [-0.05, 0) is 19.9 Å². The number of hydrogen-bond acceptors (Lipinski definition) is 4. The van der Waals surface area contributed by atoms with Crippen LogP contribution in [0.3, 0.4) is 0 Å². The van der Waals surface area contributed by atoms with Gasteiger partial charge in [-0.25, -0.2) is 5.84 Å². The zero-order chi connectivity index (χ0) is 13.4. The van der Waals surface area contributed by atoms with Gasteiger partial charge in [-0.3, -0.25) is 19.9 Å². The quantitative estimate of drug-likeness (QED) is 0.361. The first kappa shape index (κ1) is 15.9. The minimum absolute atomic E-state index is 0.00222. The van der Waals surface area contributed by atoms with Crippen LogP contribution in [0.25, 0.3) is 0 Å². The summed E-state index contributed by atoms with van der Waals surface area (Å²) in [6.45, 7) is 5.09. The maximum Gasteiger partial charge on any atom is 0.236 e. The minimum Gasteiger partial charge on any atom is -0.348 e. The van der Waals surface area contributed by atoms with Gasteiger partial charge in [-0.2, -0.15) is 0 Å². The summed E-state index contributed by atoms with van der Waals surface area (Å²) in [5.74, 6) is 4.88. The number of carbonyl (C=O) groups is 2. The average molecular weight is 244 g/mol. The summed E-state index contributed by atoms with van der Waals surface area (Å²) in [6, 6.07) is 0.00222. The summed E-state index contributed by atoms with van der Waals surface area (Å²) in [7, 11) is 3.45. The highest BCUT2D eigenvalue weighted by atomic mass is 16.2. The Labute approximate surface area is 103 Å². The minimum atomic E-state index is -0.212. The maximum atomic E-state index is 11.6. The predicted molar refractivity (Wildman–Crippen MR) is 67.0 cm³/mol. The highest BCUT2D eigenvalue weighted by molar-refractivity contribution is 5.78. The van der Waals surface area contributed by atoms with E-state index in [9.17, 15) is 9.59 Å². The second-order valence-corrected chi connectivity index (χ2v) is 4.38. The van der Waals surface area contributed by atoms with Crippen LogP contribution in [0.2, 0.25) is 0 Å². The topological polar surface area (TPSA) is 78.7 Å². The monoisotopic (exact) mass is 244 g/mol. The fraction of sp³-hybridized carbons (Fsp3) is 0.818. The number of nitrogens with zero attached hydrogens (tertiary/aromatic N) is 2. The molecule has 6 nitrogen and oxygen atoms in total. The van der Waals surface area contributed by atoms with Gasteiger partial charge in [0.05, 0.1) is 6.54 Å². The molecule has 0 saturated carbocycles. The van der Waals surface area contributed by atoms with Crippen molar-refractivity contribution in [1.29, 1.82) is 0 Å². The molecule has 2 amide bonds. The van der Waals surface area contributed by atoms with Crippen LogP contribution in [-0.4, -0.2) is 54.8 Å². The van der Waals surface area contributed by atoms with Crippen LogP contribution in [0.1, 0.15) is 26.7 Å². The molecular formula is C11H24N4O2. The Balaban J connectivity index is 4.39. The van der Waals surface area contributed by atoms with E-state index in [2.05, 4.69) is 5.43 Å². The molecule has 0 aliphatic carbocycles. The smallest absolute Gasteiger partial charge is 0.236 e. The first-order valence-corrected chi connectivity index (χ1v) is 5.86. The third kappa shape index (κ3) is 6.23. The molecule has 1 unspecified atom stereocenters. The molecule has 0 radical (unpaired) electrons. The van der Waals surface area contributed by atoms with Gasteiger partial charge in [-0.1, -0.05) is 6.92 Å². The van der Waals surface area contributed by atoms with Gasteiger partial charge in [-0.15, -0.1) is 0 Å². The van der Waals surface area contributed by atoms with Crippen LogP contribution in [-0.2, 0) is 9.59 Å². The summed E-state index contributed by atoms with van der Waals surface area (Å²) >= 11 is 0. The van der Waals surface area contributed by atoms with Crippen LogP contribution in [0.15, 0.2) is 0 Å². The average Bonchev–Trinajstić information content (AvgIpc) is 2.27. The number of amides is 2. The Hall–Kier alpha value is -1.14. The number of nitrogens with one attached hydrogen (secondary N) is 1. The first-order chi connectivity index (χ1) is 7.92. The van der Waals surface area contributed by atoms with Gasteiger partial charge < -0.3 is 4.90 Å². The van der Waals surface area contributed by atoms with E-state index in [0.29, 0.717) is 13.0 Å². The molecule has 0 saturated heterocycles. The SMILES string of the molecule is CCCN(CC(=O)N(C)C)C(C)CC(=O)NN. The zero-order valence-corrected chi connectivity index (χ0v) is 11.2. The van der Waals surface area contributed by atoms with Crippen molar-refractivity contribution >= 4 is 11.8 Å². The maximum absolute atomic E-state index is 11.6. The number of hydrogen-bond donors (Lipinski definition) is 2. The predicted octanol–water partition coefficient (Wildman–Crippen LogP) is -0.445. The summed E-state index contributed by atoms with van der Waals surface area (Å²) in [5.41, 5.74) is 2.11. The summed E-state index contributed by atoms with van der Waals surface area (Å²) in [4.78, 5) is 26.4. The second kappa shape index (κ2) is 8.03. The van der Waals surface area contributed by atoms with Crippen LogP contribution in [0, 0.1) is 0 Å². The van der Waals surface area contributed by atoms with Crippen LogP contribution in [0.5, 0.6) is 0 Å². The first-order valence-electron chi connectivity index (χ1n) is 5.86. The molecule has 100 valence electrons. The van der Waals surface area contributed by atoms with E-state index in [1.165, 1.54) is 0 Å². The zero-order valence-electron chi connectivity index (χ0n) is 11.2. The normalized spacial score (nSPS) is 12.4. The lowest BCUT2D eigenvalue weighted by Gasteiger charge is -2.28. The van der Waals surface area contributed by atoms with Crippen molar-refractivity contribution in [3.8, 4) is 0 Å². The fourth-order valence-electron chi connectivity index (χ4n) is 1.51. The number of carbonyl (C=O) groups excluding carboxylic acids is 2. The molecule has 0 fully saturated rings. The molecular weight excluding hydrogens is 220 g/mol.